The largest absolute Gasteiger partial charge is 0.488 e. The highest BCUT2D eigenvalue weighted by atomic mass is 16.5. The van der Waals surface area contributed by atoms with Crippen LogP contribution in [0.4, 0.5) is 11.6 Å². The van der Waals surface area contributed by atoms with Crippen molar-refractivity contribution in [2.45, 2.75) is 75.1 Å². The highest BCUT2D eigenvalue weighted by Crippen LogP contribution is 2.39. The highest BCUT2D eigenvalue weighted by Gasteiger charge is 2.46. The Morgan fingerprint density at radius 3 is 1.31 bits per heavy atom. The quantitative estimate of drug-likeness (QED) is 0.109. The van der Waals surface area contributed by atoms with Gasteiger partial charge in [-0.05, 0) is 74.2 Å². The minimum absolute atomic E-state index is 0.0820. The van der Waals surface area contributed by atoms with Gasteiger partial charge in [-0.1, -0.05) is 24.0 Å². The van der Waals surface area contributed by atoms with E-state index in [9.17, 15) is 20.7 Å². The molecule has 404 valence electrons. The van der Waals surface area contributed by atoms with E-state index in [-0.39, 0.29) is 13.2 Å². The molecule has 6 aliphatic rings. The van der Waals surface area contributed by atoms with E-state index in [0.717, 1.165) is 73.2 Å². The lowest BCUT2D eigenvalue weighted by Gasteiger charge is -2.56. The predicted octanol–water partition coefficient (Wildman–Crippen LogP) is 5.80. The van der Waals surface area contributed by atoms with Crippen molar-refractivity contribution in [3.63, 3.8) is 0 Å². The van der Waals surface area contributed by atoms with Crippen LogP contribution in [0.5, 0.6) is 23.3 Å². The summed E-state index contributed by atoms with van der Waals surface area (Å²) in [4.78, 5) is 28.0. The number of methoxy groups -OCH3 is 2. The fraction of sp³-hybridized carbons (Fsp3) is 0.333. The molecule has 20 heteroatoms. The van der Waals surface area contributed by atoms with Gasteiger partial charge >= 0.3 is 0 Å². The smallest absolute Gasteiger partial charge is 0.212 e. The van der Waals surface area contributed by atoms with Gasteiger partial charge in [-0.25, -0.2) is 29.0 Å². The second-order valence-corrected chi connectivity index (χ2v) is 21.0. The normalized spacial score (nSPS) is 19.8. The number of anilines is 2. The highest BCUT2D eigenvalue weighted by molar-refractivity contribution is 5.86. The zero-order valence-electron chi connectivity index (χ0n) is 44.7. The van der Waals surface area contributed by atoms with Gasteiger partial charge in [0.05, 0.1) is 61.2 Å². The zero-order chi connectivity index (χ0) is 55.7. The average molecular weight is 1070 g/mol. The Morgan fingerprint density at radius 1 is 0.575 bits per heavy atom. The maximum atomic E-state index is 10.2. The molecule has 0 amide bonds. The lowest BCUT2D eigenvalue weighted by Crippen LogP contribution is -2.68. The van der Waals surface area contributed by atoms with E-state index >= 15 is 0 Å². The van der Waals surface area contributed by atoms with E-state index in [4.69, 9.17) is 41.8 Å². The molecule has 8 aromatic rings. The maximum absolute atomic E-state index is 10.2. The second-order valence-electron chi connectivity index (χ2n) is 21.0. The molecule has 6 fully saturated rings. The number of nitrogens with zero attached hydrogens (tertiary/aromatic N) is 14. The molecule has 14 heterocycles. The number of pyridine rings is 6. The zero-order valence-corrected chi connectivity index (χ0v) is 44.7. The Kier molecular flexibility index (Phi) is 14.4. The molecule has 0 radical (unpaired) electrons. The Bertz CT molecular complexity index is 3450. The number of nitriles is 2. The number of aromatic nitrogens is 8. The van der Waals surface area contributed by atoms with E-state index in [2.05, 4.69) is 75.9 Å². The number of aliphatic hydroxyl groups is 2. The number of piperidine rings is 2. The van der Waals surface area contributed by atoms with Crippen LogP contribution in [0, 0.1) is 47.3 Å². The van der Waals surface area contributed by atoms with E-state index < -0.39 is 11.2 Å². The first-order valence-electron chi connectivity index (χ1n) is 26.2. The molecule has 0 aromatic carbocycles. The van der Waals surface area contributed by atoms with Gasteiger partial charge in [0.15, 0.2) is 11.2 Å². The second kappa shape index (κ2) is 21.9. The molecular formula is C60H58N14O6. The molecule has 8 aromatic heterocycles. The third-order valence-electron chi connectivity index (χ3n) is 15.3. The Hall–Kier alpha value is -9.28. The predicted molar refractivity (Wildman–Crippen MR) is 298 cm³/mol. The van der Waals surface area contributed by atoms with Gasteiger partial charge in [0, 0.05) is 123 Å². The first kappa shape index (κ1) is 52.8. The van der Waals surface area contributed by atoms with E-state index in [1.165, 1.54) is 50.2 Å². The summed E-state index contributed by atoms with van der Waals surface area (Å²) in [5.74, 6) is 8.66. The molecule has 2 N–H and O–H groups in total. The summed E-state index contributed by atoms with van der Waals surface area (Å²) in [6, 6.07) is 26.0. The van der Waals surface area contributed by atoms with Crippen LogP contribution < -0.4 is 28.7 Å². The number of fused-ring (bicyclic) bond motifs is 6. The Morgan fingerprint density at radius 2 is 0.988 bits per heavy atom. The van der Waals surface area contributed by atoms with Crippen LogP contribution in [0.1, 0.15) is 48.9 Å². The monoisotopic (exact) mass is 1070 g/mol. The minimum Gasteiger partial charge on any atom is -0.488 e. The van der Waals surface area contributed by atoms with Crippen LogP contribution in [0.15, 0.2) is 110 Å². The molecule has 0 saturated carbocycles. The lowest BCUT2D eigenvalue weighted by molar-refractivity contribution is -0.00879. The summed E-state index contributed by atoms with van der Waals surface area (Å²) in [7, 11) is 3.25. The van der Waals surface area contributed by atoms with Crippen LogP contribution in [0.3, 0.4) is 0 Å². The molecule has 6 aliphatic heterocycles. The summed E-state index contributed by atoms with van der Waals surface area (Å²) in [5, 5.41) is 48.3. The van der Waals surface area contributed by atoms with Crippen molar-refractivity contribution in [1.82, 2.24) is 49.0 Å². The molecule has 6 atom stereocenters. The van der Waals surface area contributed by atoms with Gasteiger partial charge in [0.25, 0.3) is 0 Å². The van der Waals surface area contributed by atoms with E-state index in [1.54, 1.807) is 35.6 Å². The van der Waals surface area contributed by atoms with Crippen LogP contribution in [-0.4, -0.2) is 148 Å². The van der Waals surface area contributed by atoms with E-state index in [1.807, 2.05) is 73.3 Å². The Balaban J connectivity index is 0.000000169. The number of hydrogen-bond donors (Lipinski definition) is 2. The number of ether oxygens (including phenoxy) is 4. The number of hydrogen-bond acceptors (Lipinski definition) is 18. The standard InChI is InChI=1S/2C30H29N7O3/c2*1-4-30(2,38)19-40-25-10-26(29-22(11-31)14-34-37(29)18-25)21-6-7-27(32-13-21)35-16-23-9-24(17-35)36(23)15-20-5-8-28(39-3)33-12-20/h2*1,5-8,10,12-14,18,23-24,38H,9,15-17,19H2,2-3H3/t23?,24?,30-;/m0./s1. The van der Waals surface area contributed by atoms with Gasteiger partial charge in [0.2, 0.25) is 11.8 Å². The van der Waals surface area contributed by atoms with Crippen LogP contribution >= 0.6 is 0 Å². The molecule has 5 unspecified atom stereocenters. The number of piperazine rings is 2. The van der Waals surface area contributed by atoms with Crippen molar-refractivity contribution in [3.05, 3.63) is 132 Å². The van der Waals surface area contributed by atoms with Crippen LogP contribution in [0.25, 0.3) is 33.3 Å². The number of terminal acetylenes is 2. The average Bonchev–Trinajstić information content (AvgIpc) is 4.13. The molecule has 0 spiro atoms. The van der Waals surface area contributed by atoms with Crippen molar-refractivity contribution in [2.24, 2.45) is 0 Å². The van der Waals surface area contributed by atoms with Gasteiger partial charge in [-0.2, -0.15) is 20.7 Å². The molecule has 4 bridgehead atoms. The van der Waals surface area contributed by atoms with Crippen LogP contribution in [-0.2, 0) is 13.1 Å². The molecule has 14 rings (SSSR count). The molecular weight excluding hydrogens is 1010 g/mol. The van der Waals surface area contributed by atoms with Crippen molar-refractivity contribution in [3.8, 4) is 82.3 Å². The Labute approximate surface area is 463 Å². The van der Waals surface area contributed by atoms with Crippen LogP contribution in [0.2, 0.25) is 0 Å². The van der Waals surface area contributed by atoms with Gasteiger partial charge in [0.1, 0.15) is 48.5 Å². The third kappa shape index (κ3) is 10.8. The molecule has 6 saturated heterocycles. The van der Waals surface area contributed by atoms with Crippen molar-refractivity contribution in [2.75, 3.05) is 63.4 Å². The molecule has 20 nitrogen and oxygen atoms in total. The van der Waals surface area contributed by atoms with Crippen molar-refractivity contribution >= 4 is 22.7 Å². The van der Waals surface area contributed by atoms with Gasteiger partial charge in [-0.15, -0.1) is 12.8 Å². The summed E-state index contributed by atoms with van der Waals surface area (Å²) in [6.45, 7) is 8.27. The van der Waals surface area contributed by atoms with Crippen molar-refractivity contribution < 1.29 is 29.2 Å². The lowest BCUT2D eigenvalue weighted by atomic mass is 9.87. The fourth-order valence-electron chi connectivity index (χ4n) is 10.9. The topological polar surface area (TPSA) is 224 Å². The third-order valence-corrected chi connectivity index (χ3v) is 15.3. The SMILES string of the molecule is C#CC(C)(O)COc1cc(-c2ccc(N3CC4CC(C3)N4Cc3ccc(OC)nc3)nc2)c2c(C#N)cnn2c1.C#C[C@](C)(O)COc1cc(-c2ccc(N3CC4CC(C3)N4Cc3ccc(OC)nc3)nc2)c2c(C#N)cnn2c1. The summed E-state index contributed by atoms with van der Waals surface area (Å²) >= 11 is 0. The first-order valence-corrected chi connectivity index (χ1v) is 26.2. The molecule has 80 heavy (non-hydrogen) atoms. The fourth-order valence-corrected chi connectivity index (χ4v) is 10.9. The number of rotatable bonds is 16. The summed E-state index contributed by atoms with van der Waals surface area (Å²) in [6.07, 6.45) is 26.9. The minimum atomic E-state index is -1.41. The summed E-state index contributed by atoms with van der Waals surface area (Å²) in [5.41, 5.74) is 4.95. The van der Waals surface area contributed by atoms with E-state index in [0.29, 0.717) is 69.6 Å². The summed E-state index contributed by atoms with van der Waals surface area (Å²) < 4.78 is 25.1. The van der Waals surface area contributed by atoms with Gasteiger partial charge < -0.3 is 39.0 Å². The first-order chi connectivity index (χ1) is 38.7. The maximum Gasteiger partial charge on any atom is 0.212 e. The van der Waals surface area contributed by atoms with Crippen molar-refractivity contribution in [1.29, 1.82) is 10.5 Å². The van der Waals surface area contributed by atoms with Gasteiger partial charge in [-0.3, -0.25) is 9.80 Å². The molecule has 0 aliphatic carbocycles.